The van der Waals surface area contributed by atoms with Gasteiger partial charge in [0.05, 0.1) is 24.9 Å². The molecule has 0 spiro atoms. The highest BCUT2D eigenvalue weighted by molar-refractivity contribution is 5.99. The summed E-state index contributed by atoms with van der Waals surface area (Å²) in [6, 6.07) is 5.81. The molecule has 1 aromatic carbocycles. The second kappa shape index (κ2) is 12.2. The Labute approximate surface area is 236 Å². The lowest BCUT2D eigenvalue weighted by molar-refractivity contribution is -0.121. The van der Waals surface area contributed by atoms with E-state index < -0.39 is 0 Å². The van der Waals surface area contributed by atoms with Crippen LogP contribution in [0.1, 0.15) is 55.3 Å². The maximum atomic E-state index is 13.3. The van der Waals surface area contributed by atoms with Crippen LogP contribution in [0.2, 0.25) is 0 Å². The smallest absolute Gasteiger partial charge is 0.251 e. The molecule has 2 aromatic rings. The van der Waals surface area contributed by atoms with Crippen LogP contribution in [0.3, 0.4) is 0 Å². The fraction of sp³-hybridized carbons (Fsp3) is 0.533. The first-order valence-electron chi connectivity index (χ1n) is 14.3. The minimum absolute atomic E-state index is 0.0588. The summed E-state index contributed by atoms with van der Waals surface area (Å²) in [7, 11) is 5.44. The zero-order valence-electron chi connectivity index (χ0n) is 23.9. The molecule has 3 aliphatic rings. The minimum Gasteiger partial charge on any atom is -0.495 e. The zero-order chi connectivity index (χ0) is 28.2. The van der Waals surface area contributed by atoms with Gasteiger partial charge in [-0.25, -0.2) is 4.98 Å². The Morgan fingerprint density at radius 1 is 1.18 bits per heavy atom. The molecule has 1 aliphatic carbocycles. The summed E-state index contributed by atoms with van der Waals surface area (Å²) in [4.78, 5) is 42.0. The van der Waals surface area contributed by atoms with Gasteiger partial charge in [-0.3, -0.25) is 9.59 Å². The fourth-order valence-corrected chi connectivity index (χ4v) is 6.14. The molecule has 5 rings (SSSR count). The number of carbonyl (C=O) groups is 2. The number of aromatic nitrogens is 2. The van der Waals surface area contributed by atoms with Crippen molar-refractivity contribution in [3.63, 3.8) is 0 Å². The van der Waals surface area contributed by atoms with E-state index in [1.54, 1.807) is 37.4 Å². The molecule has 3 heterocycles. The summed E-state index contributed by atoms with van der Waals surface area (Å²) in [5.74, 6) is 1.46. The molecule has 10 nitrogen and oxygen atoms in total. The highest BCUT2D eigenvalue weighted by Gasteiger charge is 2.36. The lowest BCUT2D eigenvalue weighted by atomic mass is 9.93. The second-order valence-electron chi connectivity index (χ2n) is 11.2. The molecule has 214 valence electrons. The van der Waals surface area contributed by atoms with Gasteiger partial charge in [-0.1, -0.05) is 25.3 Å². The third-order valence-electron chi connectivity index (χ3n) is 8.38. The normalized spacial score (nSPS) is 22.0. The second-order valence-corrected chi connectivity index (χ2v) is 11.2. The number of hydrogen-bond donors (Lipinski definition) is 2. The van der Waals surface area contributed by atoms with Crippen molar-refractivity contribution < 1.29 is 14.3 Å². The summed E-state index contributed by atoms with van der Waals surface area (Å²) in [6.45, 7) is 6.33. The molecule has 2 unspecified atom stereocenters. The van der Waals surface area contributed by atoms with Crippen molar-refractivity contribution in [2.45, 2.75) is 57.0 Å². The Morgan fingerprint density at radius 3 is 2.67 bits per heavy atom. The van der Waals surface area contributed by atoms with Gasteiger partial charge in [-0.05, 0) is 57.5 Å². The Balaban J connectivity index is 1.41. The van der Waals surface area contributed by atoms with Gasteiger partial charge >= 0.3 is 0 Å². The Bertz CT molecular complexity index is 1250. The topological polar surface area (TPSA) is 103 Å². The van der Waals surface area contributed by atoms with Crippen molar-refractivity contribution in [3.05, 3.63) is 42.6 Å². The molecule has 0 bridgehead atoms. The van der Waals surface area contributed by atoms with E-state index in [0.29, 0.717) is 47.6 Å². The van der Waals surface area contributed by atoms with Crippen molar-refractivity contribution in [2.75, 3.05) is 56.0 Å². The molecule has 1 saturated heterocycles. The van der Waals surface area contributed by atoms with Crippen LogP contribution in [0.15, 0.2) is 37.1 Å². The Kier molecular flexibility index (Phi) is 8.54. The molecular weight excluding hydrogens is 506 g/mol. The standard InChI is InChI=1S/C30H41N7O3/c1-5-9-21-18-37(23-10-7-6-8-11-23)27-25(36(3)29(21)39)17-31-30(34-27)33-24-13-12-20(16-26(24)40-4)28(38)32-22-14-15-35(2)19-22/h5,12-13,16-17,21-23H,1,6-11,14-15,18-19H2,2-4H3,(H,32,38)(H,31,33,34). The molecule has 0 radical (unpaired) electrons. The van der Waals surface area contributed by atoms with E-state index in [1.165, 1.54) is 19.3 Å². The number of ether oxygens (including phenoxy) is 1. The van der Waals surface area contributed by atoms with Crippen molar-refractivity contribution in [1.29, 1.82) is 0 Å². The van der Waals surface area contributed by atoms with Gasteiger partial charge in [0.15, 0.2) is 5.82 Å². The number of likely N-dealkylation sites (N-methyl/N-ethyl adjacent to an activating group) is 1. The van der Waals surface area contributed by atoms with E-state index in [2.05, 4.69) is 39.0 Å². The SMILES string of the molecule is C=CCC1CN(C2CCCCC2)c2nc(Nc3ccc(C(=O)NC4CCN(C)C4)cc3OC)ncc2N(C)C1=O. The van der Waals surface area contributed by atoms with Gasteiger partial charge < -0.3 is 30.1 Å². The van der Waals surface area contributed by atoms with Gasteiger partial charge in [0.2, 0.25) is 11.9 Å². The number of rotatable bonds is 8. The van der Waals surface area contributed by atoms with E-state index in [1.807, 2.05) is 12.1 Å². The van der Waals surface area contributed by atoms with Crippen LogP contribution in [0.5, 0.6) is 5.75 Å². The van der Waals surface area contributed by atoms with Crippen molar-refractivity contribution in [1.82, 2.24) is 20.2 Å². The quantitative estimate of drug-likeness (QED) is 0.479. The predicted molar refractivity (Wildman–Crippen MR) is 158 cm³/mol. The number of methoxy groups -OCH3 is 1. The molecule has 2 amide bonds. The van der Waals surface area contributed by atoms with E-state index in [4.69, 9.17) is 9.72 Å². The maximum Gasteiger partial charge on any atom is 0.251 e. The number of likely N-dealkylation sites (tertiary alicyclic amines) is 1. The number of anilines is 4. The number of amides is 2. The first-order valence-corrected chi connectivity index (χ1v) is 14.3. The van der Waals surface area contributed by atoms with Gasteiger partial charge in [0, 0.05) is 37.8 Å². The molecule has 10 heteroatoms. The lowest BCUT2D eigenvalue weighted by Crippen LogP contribution is -2.41. The summed E-state index contributed by atoms with van der Waals surface area (Å²) in [5, 5.41) is 6.41. The molecular formula is C30H41N7O3. The number of nitrogens with zero attached hydrogens (tertiary/aromatic N) is 5. The molecule has 2 aliphatic heterocycles. The highest BCUT2D eigenvalue weighted by atomic mass is 16.5. The third kappa shape index (κ3) is 5.91. The highest BCUT2D eigenvalue weighted by Crippen LogP contribution is 2.38. The van der Waals surface area contributed by atoms with Crippen LogP contribution in [0.25, 0.3) is 0 Å². The summed E-state index contributed by atoms with van der Waals surface area (Å²) in [6.07, 6.45) is 10.9. The molecule has 2 N–H and O–H groups in total. The summed E-state index contributed by atoms with van der Waals surface area (Å²) < 4.78 is 5.64. The monoisotopic (exact) mass is 547 g/mol. The van der Waals surface area contributed by atoms with Crippen LogP contribution in [0, 0.1) is 5.92 Å². The van der Waals surface area contributed by atoms with Crippen LogP contribution in [-0.2, 0) is 4.79 Å². The van der Waals surface area contributed by atoms with Crippen molar-refractivity contribution in [3.8, 4) is 5.75 Å². The average Bonchev–Trinajstić information content (AvgIpc) is 3.35. The number of fused-ring (bicyclic) bond motifs is 1. The van der Waals surface area contributed by atoms with Gasteiger partial charge in [-0.15, -0.1) is 6.58 Å². The maximum absolute atomic E-state index is 13.3. The zero-order valence-corrected chi connectivity index (χ0v) is 23.9. The van der Waals surface area contributed by atoms with Crippen molar-refractivity contribution in [2.24, 2.45) is 5.92 Å². The average molecular weight is 548 g/mol. The van der Waals surface area contributed by atoms with E-state index in [0.717, 1.165) is 38.2 Å². The van der Waals surface area contributed by atoms with Crippen LogP contribution in [0.4, 0.5) is 23.1 Å². The van der Waals surface area contributed by atoms with E-state index in [-0.39, 0.29) is 23.8 Å². The number of benzene rings is 1. The number of hydrogen-bond acceptors (Lipinski definition) is 8. The first kappa shape index (κ1) is 27.9. The largest absolute Gasteiger partial charge is 0.495 e. The van der Waals surface area contributed by atoms with Crippen LogP contribution >= 0.6 is 0 Å². The van der Waals surface area contributed by atoms with Gasteiger partial charge in [0.25, 0.3) is 5.91 Å². The predicted octanol–water partition coefficient (Wildman–Crippen LogP) is 3.97. The first-order chi connectivity index (χ1) is 19.4. The van der Waals surface area contributed by atoms with E-state index >= 15 is 0 Å². The molecule has 2 atom stereocenters. The third-order valence-corrected chi connectivity index (χ3v) is 8.38. The van der Waals surface area contributed by atoms with E-state index in [9.17, 15) is 9.59 Å². The molecule has 1 saturated carbocycles. The van der Waals surface area contributed by atoms with Gasteiger partial charge in [0.1, 0.15) is 11.4 Å². The van der Waals surface area contributed by atoms with Crippen LogP contribution in [-0.4, -0.2) is 79.6 Å². The Morgan fingerprint density at radius 2 is 1.98 bits per heavy atom. The summed E-state index contributed by atoms with van der Waals surface area (Å²) in [5.41, 5.74) is 1.91. The Hall–Kier alpha value is -3.66. The number of carbonyl (C=O) groups excluding carboxylic acids is 2. The summed E-state index contributed by atoms with van der Waals surface area (Å²) >= 11 is 0. The molecule has 40 heavy (non-hydrogen) atoms. The van der Waals surface area contributed by atoms with Crippen LogP contribution < -0.4 is 25.2 Å². The van der Waals surface area contributed by atoms with Crippen molar-refractivity contribution >= 4 is 35.0 Å². The minimum atomic E-state index is -0.182. The lowest BCUT2D eigenvalue weighted by Gasteiger charge is -2.36. The molecule has 1 aromatic heterocycles. The van der Waals surface area contributed by atoms with Gasteiger partial charge in [-0.2, -0.15) is 4.98 Å². The number of allylic oxidation sites excluding steroid dienone is 1. The fourth-order valence-electron chi connectivity index (χ4n) is 6.14. The molecule has 2 fully saturated rings. The number of nitrogens with one attached hydrogen (secondary N) is 2.